The Hall–Kier alpha value is -2.96. The van der Waals surface area contributed by atoms with Crippen molar-refractivity contribution in [3.05, 3.63) is 58.0 Å². The average Bonchev–Trinajstić information content (AvgIpc) is 3.10. The number of pyridine rings is 1. The van der Waals surface area contributed by atoms with Gasteiger partial charge in [-0.2, -0.15) is 0 Å². The van der Waals surface area contributed by atoms with Crippen LogP contribution in [0.5, 0.6) is 0 Å². The number of hydrogen-bond acceptors (Lipinski definition) is 5. The van der Waals surface area contributed by atoms with Crippen molar-refractivity contribution in [2.24, 2.45) is 0 Å². The van der Waals surface area contributed by atoms with Crippen LogP contribution in [0.25, 0.3) is 10.9 Å². The third kappa shape index (κ3) is 3.51. The molecular formula is C19H22N4O3. The lowest BCUT2D eigenvalue weighted by molar-refractivity contribution is -0.132. The fourth-order valence-corrected chi connectivity index (χ4v) is 2.93. The molecule has 0 bridgehead atoms. The summed E-state index contributed by atoms with van der Waals surface area (Å²) in [5, 5.41) is 8.53. The highest BCUT2D eigenvalue weighted by molar-refractivity contribution is 5.82. The Kier molecular flexibility index (Phi) is 5.16. The number of fused-ring (bicyclic) bond motifs is 1. The van der Waals surface area contributed by atoms with E-state index in [0.717, 1.165) is 11.2 Å². The minimum absolute atomic E-state index is 0.0351. The molecule has 0 aliphatic carbocycles. The molecular weight excluding hydrogens is 332 g/mol. The smallest absolute Gasteiger partial charge is 0.242 e. The van der Waals surface area contributed by atoms with Gasteiger partial charge in [-0.3, -0.25) is 9.59 Å². The molecule has 1 amide bonds. The second-order valence-corrected chi connectivity index (χ2v) is 6.10. The monoisotopic (exact) mass is 354 g/mol. The van der Waals surface area contributed by atoms with Gasteiger partial charge in [0.1, 0.15) is 6.54 Å². The normalized spacial score (nSPS) is 11.0. The van der Waals surface area contributed by atoms with Crippen LogP contribution in [0, 0.1) is 6.92 Å². The van der Waals surface area contributed by atoms with Crippen molar-refractivity contribution in [3.8, 4) is 0 Å². The first-order chi connectivity index (χ1) is 12.5. The topological polar surface area (TPSA) is 81.2 Å². The zero-order valence-electron chi connectivity index (χ0n) is 15.2. The number of carbonyl (C=O) groups is 1. The summed E-state index contributed by atoms with van der Waals surface area (Å²) in [7, 11) is 0. The van der Waals surface area contributed by atoms with E-state index in [1.807, 2.05) is 43.5 Å². The van der Waals surface area contributed by atoms with E-state index in [9.17, 15) is 9.59 Å². The lowest BCUT2D eigenvalue weighted by atomic mass is 10.2. The fraction of sp³-hybridized carbons (Fsp3) is 0.368. The lowest BCUT2D eigenvalue weighted by Gasteiger charge is -2.21. The van der Waals surface area contributed by atoms with Crippen LogP contribution in [0.2, 0.25) is 0 Å². The van der Waals surface area contributed by atoms with E-state index < -0.39 is 0 Å². The van der Waals surface area contributed by atoms with E-state index in [2.05, 4.69) is 10.2 Å². The number of likely N-dealkylation sites (N-methyl/N-ethyl adjacent to an activating group) is 1. The Morgan fingerprint density at radius 2 is 1.92 bits per heavy atom. The molecule has 2 heterocycles. The summed E-state index contributed by atoms with van der Waals surface area (Å²) in [6, 6.07) is 8.89. The number of aryl methyl sites for hydroxylation is 2. The highest BCUT2D eigenvalue weighted by Crippen LogP contribution is 2.14. The zero-order valence-corrected chi connectivity index (χ0v) is 15.2. The largest absolute Gasteiger partial charge is 0.423 e. The summed E-state index contributed by atoms with van der Waals surface area (Å²) in [5.74, 6) is 0.921. The summed E-state index contributed by atoms with van der Waals surface area (Å²) in [6.45, 7) is 6.63. The molecule has 0 saturated heterocycles. The van der Waals surface area contributed by atoms with E-state index in [-0.39, 0.29) is 24.4 Å². The van der Waals surface area contributed by atoms with Gasteiger partial charge >= 0.3 is 0 Å². The number of rotatable bonds is 6. The fourth-order valence-electron chi connectivity index (χ4n) is 2.93. The molecule has 7 nitrogen and oxygen atoms in total. The second-order valence-electron chi connectivity index (χ2n) is 6.10. The van der Waals surface area contributed by atoms with Crippen LogP contribution in [-0.2, 0) is 24.3 Å². The SMILES string of the molecule is CCc1nnc(CN(CC)C(=O)Cn2c(C)cc(=O)c3ccccc32)o1. The number of benzene rings is 1. The Labute approximate surface area is 151 Å². The molecule has 7 heteroatoms. The molecule has 136 valence electrons. The maximum Gasteiger partial charge on any atom is 0.242 e. The van der Waals surface area contributed by atoms with Gasteiger partial charge in [0.05, 0.1) is 12.1 Å². The molecule has 0 fully saturated rings. The first-order valence-electron chi connectivity index (χ1n) is 8.71. The summed E-state index contributed by atoms with van der Waals surface area (Å²) < 4.78 is 7.38. The van der Waals surface area contributed by atoms with E-state index in [1.54, 1.807) is 17.0 Å². The van der Waals surface area contributed by atoms with Gasteiger partial charge in [0, 0.05) is 30.1 Å². The number of nitrogens with zero attached hydrogens (tertiary/aromatic N) is 4. The van der Waals surface area contributed by atoms with Crippen LogP contribution in [0.1, 0.15) is 31.3 Å². The second kappa shape index (κ2) is 7.51. The van der Waals surface area contributed by atoms with Gasteiger partial charge in [-0.25, -0.2) is 0 Å². The third-order valence-electron chi connectivity index (χ3n) is 4.39. The predicted octanol–water partition coefficient (Wildman–Crippen LogP) is 2.30. The molecule has 0 saturated carbocycles. The van der Waals surface area contributed by atoms with Crippen LogP contribution < -0.4 is 5.43 Å². The molecule has 0 atom stereocenters. The molecule has 0 aliphatic heterocycles. The lowest BCUT2D eigenvalue weighted by Crippen LogP contribution is -2.34. The minimum Gasteiger partial charge on any atom is -0.423 e. The number of para-hydroxylation sites is 1. The Bertz CT molecular complexity index is 990. The standard InChI is InChI=1S/C19H22N4O3/c1-4-17-20-21-18(26-17)11-22(5-2)19(25)12-23-13(3)10-16(24)14-8-6-7-9-15(14)23/h6-10H,4-5,11-12H2,1-3H3. The van der Waals surface area contributed by atoms with Gasteiger partial charge in [-0.15, -0.1) is 10.2 Å². The first kappa shape index (κ1) is 17.8. The third-order valence-corrected chi connectivity index (χ3v) is 4.39. The molecule has 0 aliphatic rings. The van der Waals surface area contributed by atoms with Gasteiger partial charge in [0.2, 0.25) is 17.7 Å². The maximum absolute atomic E-state index is 12.8. The molecule has 1 aromatic carbocycles. The Morgan fingerprint density at radius 1 is 1.19 bits per heavy atom. The summed E-state index contributed by atoms with van der Waals surface area (Å²) >= 11 is 0. The number of hydrogen-bond donors (Lipinski definition) is 0. The van der Waals surface area contributed by atoms with Gasteiger partial charge in [-0.05, 0) is 26.0 Å². The minimum atomic E-state index is -0.0688. The summed E-state index contributed by atoms with van der Waals surface area (Å²) in [5.41, 5.74) is 1.48. The van der Waals surface area contributed by atoms with Gasteiger partial charge in [0.15, 0.2) is 5.43 Å². The molecule has 0 N–H and O–H groups in total. The number of carbonyl (C=O) groups excluding carboxylic acids is 1. The summed E-state index contributed by atoms with van der Waals surface area (Å²) in [4.78, 5) is 26.7. The van der Waals surface area contributed by atoms with Crippen molar-refractivity contribution in [2.75, 3.05) is 6.54 Å². The molecule has 3 rings (SSSR count). The molecule has 0 radical (unpaired) electrons. The maximum atomic E-state index is 12.8. The average molecular weight is 354 g/mol. The van der Waals surface area contributed by atoms with Crippen LogP contribution in [0.15, 0.2) is 39.5 Å². The van der Waals surface area contributed by atoms with Crippen LogP contribution in [0.4, 0.5) is 0 Å². The van der Waals surface area contributed by atoms with Gasteiger partial charge in [0.25, 0.3) is 0 Å². The van der Waals surface area contributed by atoms with Crippen LogP contribution >= 0.6 is 0 Å². The van der Waals surface area contributed by atoms with Crippen molar-refractivity contribution in [3.63, 3.8) is 0 Å². The van der Waals surface area contributed by atoms with Crippen LogP contribution in [0.3, 0.4) is 0 Å². The molecule has 3 aromatic rings. The zero-order chi connectivity index (χ0) is 18.7. The van der Waals surface area contributed by atoms with Gasteiger partial charge < -0.3 is 13.9 Å². The number of aromatic nitrogens is 3. The van der Waals surface area contributed by atoms with E-state index in [0.29, 0.717) is 30.1 Å². The van der Waals surface area contributed by atoms with Crippen molar-refractivity contribution in [2.45, 2.75) is 40.3 Å². The van der Waals surface area contributed by atoms with E-state index in [1.165, 1.54) is 0 Å². The van der Waals surface area contributed by atoms with Crippen LogP contribution in [-0.4, -0.2) is 32.1 Å². The number of amides is 1. The molecule has 26 heavy (non-hydrogen) atoms. The summed E-state index contributed by atoms with van der Waals surface area (Å²) in [6.07, 6.45) is 0.662. The predicted molar refractivity (Wildman–Crippen MR) is 97.7 cm³/mol. The van der Waals surface area contributed by atoms with Gasteiger partial charge in [-0.1, -0.05) is 19.1 Å². The Morgan fingerprint density at radius 3 is 2.62 bits per heavy atom. The van der Waals surface area contributed by atoms with E-state index in [4.69, 9.17) is 4.42 Å². The van der Waals surface area contributed by atoms with Crippen molar-refractivity contribution in [1.29, 1.82) is 0 Å². The highest BCUT2D eigenvalue weighted by atomic mass is 16.4. The molecule has 0 spiro atoms. The van der Waals surface area contributed by atoms with Crippen molar-refractivity contribution < 1.29 is 9.21 Å². The highest BCUT2D eigenvalue weighted by Gasteiger charge is 2.18. The van der Waals surface area contributed by atoms with Crippen molar-refractivity contribution >= 4 is 16.8 Å². The van der Waals surface area contributed by atoms with E-state index >= 15 is 0 Å². The van der Waals surface area contributed by atoms with Crippen molar-refractivity contribution in [1.82, 2.24) is 19.7 Å². The molecule has 0 unspecified atom stereocenters. The molecule has 2 aromatic heterocycles. The quantitative estimate of drug-likeness (QED) is 0.678. The first-order valence-corrected chi connectivity index (χ1v) is 8.71. The Balaban J connectivity index is 1.86.